The first-order valence-corrected chi connectivity index (χ1v) is 9.57. The summed E-state index contributed by atoms with van der Waals surface area (Å²) in [6.45, 7) is 3.43. The Morgan fingerprint density at radius 3 is 2.71 bits per heavy atom. The summed E-state index contributed by atoms with van der Waals surface area (Å²) in [5, 5.41) is 10.1. The molecular weight excluding hydrogens is 350 g/mol. The van der Waals surface area contributed by atoms with Gasteiger partial charge in [-0.2, -0.15) is 0 Å². The summed E-state index contributed by atoms with van der Waals surface area (Å²) in [6, 6.07) is 14.9. The van der Waals surface area contributed by atoms with Crippen LogP contribution in [-0.4, -0.2) is 39.0 Å². The van der Waals surface area contributed by atoms with Crippen molar-refractivity contribution in [2.75, 3.05) is 13.1 Å². The SMILES string of the molecule is Cc1ccc(O)c(-c2ccc(C(=O)N3CCC[C@@H](c4ccncn4)C3)cc2)c1. The Labute approximate surface area is 164 Å². The van der Waals surface area contributed by atoms with Crippen molar-refractivity contribution in [3.05, 3.63) is 77.9 Å². The van der Waals surface area contributed by atoms with E-state index in [1.807, 2.05) is 54.3 Å². The maximum absolute atomic E-state index is 13.0. The third kappa shape index (κ3) is 3.74. The Balaban J connectivity index is 1.51. The Morgan fingerprint density at radius 1 is 1.14 bits per heavy atom. The van der Waals surface area contributed by atoms with E-state index in [1.54, 1.807) is 18.6 Å². The molecule has 1 atom stereocenters. The lowest BCUT2D eigenvalue weighted by atomic mass is 9.94. The Hall–Kier alpha value is -3.21. The molecule has 0 spiro atoms. The molecule has 1 aromatic heterocycles. The fourth-order valence-electron chi connectivity index (χ4n) is 3.80. The van der Waals surface area contributed by atoms with Gasteiger partial charge in [-0.1, -0.05) is 23.8 Å². The molecule has 4 rings (SSSR count). The number of hydrogen-bond acceptors (Lipinski definition) is 4. The normalized spacial score (nSPS) is 16.8. The van der Waals surface area contributed by atoms with Crippen molar-refractivity contribution in [2.45, 2.75) is 25.7 Å². The number of aryl methyl sites for hydroxylation is 1. The van der Waals surface area contributed by atoms with Gasteiger partial charge in [-0.25, -0.2) is 9.97 Å². The molecule has 0 unspecified atom stereocenters. The highest BCUT2D eigenvalue weighted by Gasteiger charge is 2.26. The molecule has 1 amide bonds. The van der Waals surface area contributed by atoms with E-state index in [1.165, 1.54) is 0 Å². The van der Waals surface area contributed by atoms with E-state index >= 15 is 0 Å². The molecule has 1 aliphatic rings. The van der Waals surface area contributed by atoms with E-state index in [2.05, 4.69) is 9.97 Å². The fourth-order valence-corrected chi connectivity index (χ4v) is 3.80. The third-order valence-electron chi connectivity index (χ3n) is 5.33. The topological polar surface area (TPSA) is 66.3 Å². The van der Waals surface area contributed by atoms with Gasteiger partial charge in [0.15, 0.2) is 0 Å². The van der Waals surface area contributed by atoms with Gasteiger partial charge >= 0.3 is 0 Å². The standard InChI is InChI=1S/C23H23N3O2/c1-16-4-9-22(27)20(13-16)17-5-7-18(8-6-17)23(28)26-12-2-3-19(14-26)21-10-11-24-15-25-21/h4-11,13,15,19,27H,2-3,12,14H2,1H3/t19-/m1/s1. The molecular formula is C23H23N3O2. The van der Waals surface area contributed by atoms with Gasteiger partial charge in [0, 0.05) is 42.0 Å². The number of phenols is 1. The zero-order chi connectivity index (χ0) is 19.5. The van der Waals surface area contributed by atoms with Crippen LogP contribution in [0.1, 0.15) is 40.4 Å². The number of benzene rings is 2. The minimum Gasteiger partial charge on any atom is -0.507 e. The molecule has 0 bridgehead atoms. The van der Waals surface area contributed by atoms with Crippen LogP contribution in [0.25, 0.3) is 11.1 Å². The molecule has 1 fully saturated rings. The number of hydrogen-bond donors (Lipinski definition) is 1. The van der Waals surface area contributed by atoms with Gasteiger partial charge in [-0.3, -0.25) is 4.79 Å². The predicted octanol–water partition coefficient (Wildman–Crippen LogP) is 4.18. The van der Waals surface area contributed by atoms with Crippen molar-refractivity contribution < 1.29 is 9.90 Å². The van der Waals surface area contributed by atoms with Gasteiger partial charge in [-0.05, 0) is 55.7 Å². The van der Waals surface area contributed by atoms with Crippen molar-refractivity contribution in [2.24, 2.45) is 0 Å². The lowest BCUT2D eigenvalue weighted by Crippen LogP contribution is -2.39. The van der Waals surface area contributed by atoms with Crippen LogP contribution in [0.4, 0.5) is 0 Å². The van der Waals surface area contributed by atoms with Crippen molar-refractivity contribution >= 4 is 5.91 Å². The molecule has 1 aliphatic heterocycles. The number of amides is 1. The lowest BCUT2D eigenvalue weighted by molar-refractivity contribution is 0.0706. The number of carbonyl (C=O) groups is 1. The number of aromatic hydroxyl groups is 1. The highest BCUT2D eigenvalue weighted by molar-refractivity contribution is 5.95. The summed E-state index contributed by atoms with van der Waals surface area (Å²) < 4.78 is 0. The average molecular weight is 373 g/mol. The predicted molar refractivity (Wildman–Crippen MR) is 108 cm³/mol. The molecule has 5 heteroatoms. The van der Waals surface area contributed by atoms with E-state index < -0.39 is 0 Å². The van der Waals surface area contributed by atoms with Gasteiger partial charge in [-0.15, -0.1) is 0 Å². The number of aromatic nitrogens is 2. The zero-order valence-corrected chi connectivity index (χ0v) is 15.9. The molecule has 0 radical (unpaired) electrons. The van der Waals surface area contributed by atoms with E-state index in [4.69, 9.17) is 0 Å². The smallest absolute Gasteiger partial charge is 0.253 e. The molecule has 0 aliphatic carbocycles. The molecule has 0 saturated carbocycles. The van der Waals surface area contributed by atoms with Gasteiger partial charge in [0.05, 0.1) is 0 Å². The van der Waals surface area contributed by atoms with Crippen LogP contribution in [-0.2, 0) is 0 Å². The Bertz CT molecular complexity index is 971. The lowest BCUT2D eigenvalue weighted by Gasteiger charge is -2.32. The van der Waals surface area contributed by atoms with Crippen LogP contribution in [0.2, 0.25) is 0 Å². The van der Waals surface area contributed by atoms with E-state index in [-0.39, 0.29) is 17.6 Å². The maximum atomic E-state index is 13.0. The highest BCUT2D eigenvalue weighted by atomic mass is 16.3. The number of piperidine rings is 1. The van der Waals surface area contributed by atoms with Gasteiger partial charge in [0.25, 0.3) is 5.91 Å². The second kappa shape index (κ2) is 7.80. The van der Waals surface area contributed by atoms with Gasteiger partial charge < -0.3 is 10.0 Å². The Kier molecular flexibility index (Phi) is 5.06. The highest BCUT2D eigenvalue weighted by Crippen LogP contribution is 2.31. The van der Waals surface area contributed by atoms with Gasteiger partial charge in [0.2, 0.25) is 0 Å². The number of phenolic OH excluding ortho intramolecular Hbond substituents is 1. The van der Waals surface area contributed by atoms with E-state index in [9.17, 15) is 9.90 Å². The van der Waals surface area contributed by atoms with E-state index in [0.29, 0.717) is 12.1 Å². The van der Waals surface area contributed by atoms with Crippen molar-refractivity contribution in [1.29, 1.82) is 0 Å². The quantitative estimate of drug-likeness (QED) is 0.748. The summed E-state index contributed by atoms with van der Waals surface area (Å²) in [4.78, 5) is 23.2. The number of likely N-dealkylation sites (tertiary alicyclic amines) is 1. The van der Waals surface area contributed by atoms with Crippen LogP contribution < -0.4 is 0 Å². The summed E-state index contributed by atoms with van der Waals surface area (Å²) in [5.41, 5.74) is 4.42. The molecule has 28 heavy (non-hydrogen) atoms. The van der Waals surface area contributed by atoms with Crippen molar-refractivity contribution in [3.8, 4) is 16.9 Å². The van der Waals surface area contributed by atoms with Crippen LogP contribution in [0.15, 0.2) is 61.1 Å². The molecule has 1 N–H and O–H groups in total. The average Bonchev–Trinajstić information content (AvgIpc) is 2.76. The molecule has 1 saturated heterocycles. The Morgan fingerprint density at radius 2 is 1.96 bits per heavy atom. The number of nitrogens with zero attached hydrogens (tertiary/aromatic N) is 3. The first-order chi connectivity index (χ1) is 13.6. The first kappa shape index (κ1) is 18.2. The number of carbonyl (C=O) groups excluding carboxylic acids is 1. The molecule has 5 nitrogen and oxygen atoms in total. The largest absolute Gasteiger partial charge is 0.507 e. The van der Waals surface area contributed by atoms with Crippen molar-refractivity contribution in [1.82, 2.24) is 14.9 Å². The molecule has 3 aromatic rings. The maximum Gasteiger partial charge on any atom is 0.253 e. The molecule has 2 heterocycles. The summed E-state index contributed by atoms with van der Waals surface area (Å²) in [6.07, 6.45) is 5.32. The van der Waals surface area contributed by atoms with Crippen LogP contribution >= 0.6 is 0 Å². The summed E-state index contributed by atoms with van der Waals surface area (Å²) >= 11 is 0. The first-order valence-electron chi connectivity index (χ1n) is 9.57. The summed E-state index contributed by atoms with van der Waals surface area (Å²) in [7, 11) is 0. The monoisotopic (exact) mass is 373 g/mol. The molecule has 142 valence electrons. The van der Waals surface area contributed by atoms with Crippen LogP contribution in [0, 0.1) is 6.92 Å². The second-order valence-corrected chi connectivity index (χ2v) is 7.32. The third-order valence-corrected chi connectivity index (χ3v) is 5.33. The number of rotatable bonds is 3. The van der Waals surface area contributed by atoms with Crippen molar-refractivity contribution in [3.63, 3.8) is 0 Å². The summed E-state index contributed by atoms with van der Waals surface area (Å²) in [5.74, 6) is 0.538. The second-order valence-electron chi connectivity index (χ2n) is 7.32. The van der Waals surface area contributed by atoms with Crippen LogP contribution in [0.3, 0.4) is 0 Å². The zero-order valence-electron chi connectivity index (χ0n) is 15.9. The van der Waals surface area contributed by atoms with Gasteiger partial charge in [0.1, 0.15) is 12.1 Å². The minimum atomic E-state index is 0.0405. The fraction of sp³-hybridized carbons (Fsp3) is 0.261. The van der Waals surface area contributed by atoms with E-state index in [0.717, 1.165) is 41.8 Å². The minimum absolute atomic E-state index is 0.0405. The molecule has 2 aromatic carbocycles. The van der Waals surface area contributed by atoms with Crippen LogP contribution in [0.5, 0.6) is 5.75 Å².